The van der Waals surface area contributed by atoms with Crippen molar-refractivity contribution in [2.24, 2.45) is 5.92 Å². The summed E-state index contributed by atoms with van der Waals surface area (Å²) in [6.45, 7) is 4.63. The highest BCUT2D eigenvalue weighted by Crippen LogP contribution is 2.22. The minimum absolute atomic E-state index is 0.00334. The third-order valence-corrected chi connectivity index (χ3v) is 5.62. The summed E-state index contributed by atoms with van der Waals surface area (Å²) >= 11 is 0. The number of amides is 3. The number of benzene rings is 1. The second-order valence-electron chi connectivity index (χ2n) is 7.46. The Kier molecular flexibility index (Phi) is 6.12. The van der Waals surface area contributed by atoms with Gasteiger partial charge in [-0.05, 0) is 55.7 Å². The van der Waals surface area contributed by atoms with E-state index in [1.54, 1.807) is 19.1 Å². The van der Waals surface area contributed by atoms with E-state index in [0.717, 1.165) is 57.3 Å². The molecule has 1 N–H and O–H groups in total. The summed E-state index contributed by atoms with van der Waals surface area (Å²) in [5.74, 6) is 0.339. The first-order valence-corrected chi connectivity index (χ1v) is 9.57. The molecule has 1 unspecified atom stereocenters. The maximum atomic E-state index is 13.1. The normalized spacial score (nSPS) is 21.1. The zero-order valence-electron chi connectivity index (χ0n) is 15.4. The molecule has 0 aliphatic carbocycles. The molecule has 26 heavy (non-hydrogen) atoms. The average molecular weight is 361 g/mol. The van der Waals surface area contributed by atoms with Crippen LogP contribution in [0.3, 0.4) is 0 Å². The molecular formula is C20H28FN3O2. The molecule has 2 heterocycles. The first-order valence-electron chi connectivity index (χ1n) is 9.57. The molecule has 142 valence electrons. The standard InChI is InChI=1S/C20H28FN3O2/c1-15(25)23-11-8-17(9-12-23)14-22-20(26)24-10-2-3-19(24)13-16-4-6-18(21)7-5-16/h4-7,17,19H,2-3,8-14H2,1H3,(H,22,26). The van der Waals surface area contributed by atoms with Crippen LogP contribution in [0.2, 0.25) is 0 Å². The van der Waals surface area contributed by atoms with Crippen molar-refractivity contribution in [3.8, 4) is 0 Å². The van der Waals surface area contributed by atoms with Gasteiger partial charge in [-0.25, -0.2) is 9.18 Å². The van der Waals surface area contributed by atoms with Crippen LogP contribution in [0.15, 0.2) is 24.3 Å². The van der Waals surface area contributed by atoms with Gasteiger partial charge >= 0.3 is 6.03 Å². The van der Waals surface area contributed by atoms with Gasteiger partial charge in [0.2, 0.25) is 5.91 Å². The van der Waals surface area contributed by atoms with E-state index in [1.165, 1.54) is 12.1 Å². The van der Waals surface area contributed by atoms with Crippen molar-refractivity contribution in [2.45, 2.75) is 45.1 Å². The number of carbonyl (C=O) groups is 2. The van der Waals surface area contributed by atoms with E-state index in [2.05, 4.69) is 5.32 Å². The van der Waals surface area contributed by atoms with Crippen molar-refractivity contribution in [2.75, 3.05) is 26.2 Å². The van der Waals surface area contributed by atoms with Crippen molar-refractivity contribution < 1.29 is 14.0 Å². The van der Waals surface area contributed by atoms with Crippen LogP contribution >= 0.6 is 0 Å². The Morgan fingerprint density at radius 3 is 2.46 bits per heavy atom. The maximum absolute atomic E-state index is 13.1. The Bertz CT molecular complexity index is 626. The second-order valence-corrected chi connectivity index (χ2v) is 7.46. The summed E-state index contributed by atoms with van der Waals surface area (Å²) in [5.41, 5.74) is 1.06. The predicted octanol–water partition coefficient (Wildman–Crippen LogP) is 2.80. The third kappa shape index (κ3) is 4.74. The van der Waals surface area contributed by atoms with E-state index in [9.17, 15) is 14.0 Å². The van der Waals surface area contributed by atoms with E-state index in [0.29, 0.717) is 12.5 Å². The van der Waals surface area contributed by atoms with Crippen LogP contribution in [-0.4, -0.2) is 54.0 Å². The van der Waals surface area contributed by atoms with Gasteiger partial charge in [-0.2, -0.15) is 0 Å². The van der Waals surface area contributed by atoms with Crippen LogP contribution in [0.5, 0.6) is 0 Å². The predicted molar refractivity (Wildman–Crippen MR) is 98.2 cm³/mol. The number of nitrogens with one attached hydrogen (secondary N) is 1. The SMILES string of the molecule is CC(=O)N1CCC(CNC(=O)N2CCCC2Cc2ccc(F)cc2)CC1. The van der Waals surface area contributed by atoms with E-state index in [4.69, 9.17) is 0 Å². The Balaban J connectivity index is 1.46. The topological polar surface area (TPSA) is 52.7 Å². The van der Waals surface area contributed by atoms with Gasteiger partial charge in [0.15, 0.2) is 0 Å². The zero-order chi connectivity index (χ0) is 18.5. The van der Waals surface area contributed by atoms with Crippen LogP contribution < -0.4 is 5.32 Å². The summed E-state index contributed by atoms with van der Waals surface area (Å²) in [4.78, 5) is 27.8. The van der Waals surface area contributed by atoms with E-state index >= 15 is 0 Å². The molecule has 3 rings (SSSR count). The van der Waals surface area contributed by atoms with Gasteiger partial charge in [0, 0.05) is 39.1 Å². The molecule has 0 aromatic heterocycles. The van der Waals surface area contributed by atoms with Gasteiger partial charge in [-0.3, -0.25) is 4.79 Å². The summed E-state index contributed by atoms with van der Waals surface area (Å²) in [6.07, 6.45) is 4.65. The molecule has 0 bridgehead atoms. The molecule has 5 nitrogen and oxygen atoms in total. The van der Waals surface area contributed by atoms with Crippen molar-refractivity contribution in [1.82, 2.24) is 15.1 Å². The molecule has 6 heteroatoms. The molecule has 0 radical (unpaired) electrons. The van der Waals surface area contributed by atoms with Gasteiger partial charge in [-0.15, -0.1) is 0 Å². The number of carbonyl (C=O) groups excluding carboxylic acids is 2. The number of piperidine rings is 1. The minimum Gasteiger partial charge on any atom is -0.343 e. The highest BCUT2D eigenvalue weighted by Gasteiger charge is 2.29. The number of hydrogen-bond donors (Lipinski definition) is 1. The van der Waals surface area contributed by atoms with E-state index in [1.807, 2.05) is 9.80 Å². The Morgan fingerprint density at radius 2 is 1.81 bits per heavy atom. The number of likely N-dealkylation sites (tertiary alicyclic amines) is 2. The molecule has 1 aromatic carbocycles. The fourth-order valence-corrected chi connectivity index (χ4v) is 3.99. The minimum atomic E-state index is -0.231. The van der Waals surface area contributed by atoms with Gasteiger partial charge < -0.3 is 15.1 Å². The van der Waals surface area contributed by atoms with Gasteiger partial charge in [0.1, 0.15) is 5.82 Å². The van der Waals surface area contributed by atoms with Crippen LogP contribution in [0.25, 0.3) is 0 Å². The van der Waals surface area contributed by atoms with Crippen LogP contribution in [0.4, 0.5) is 9.18 Å². The fourth-order valence-electron chi connectivity index (χ4n) is 3.99. The van der Waals surface area contributed by atoms with E-state index in [-0.39, 0.29) is 23.8 Å². The van der Waals surface area contributed by atoms with Crippen LogP contribution in [-0.2, 0) is 11.2 Å². The van der Waals surface area contributed by atoms with E-state index < -0.39 is 0 Å². The highest BCUT2D eigenvalue weighted by molar-refractivity contribution is 5.75. The van der Waals surface area contributed by atoms with Gasteiger partial charge in [0.05, 0.1) is 0 Å². The highest BCUT2D eigenvalue weighted by atomic mass is 19.1. The molecule has 2 aliphatic heterocycles. The molecule has 3 amide bonds. The first kappa shape index (κ1) is 18.7. The van der Waals surface area contributed by atoms with Crippen molar-refractivity contribution >= 4 is 11.9 Å². The molecule has 0 saturated carbocycles. The number of urea groups is 1. The van der Waals surface area contributed by atoms with Crippen molar-refractivity contribution in [1.29, 1.82) is 0 Å². The second kappa shape index (κ2) is 8.52. The lowest BCUT2D eigenvalue weighted by Gasteiger charge is -2.32. The lowest BCUT2D eigenvalue weighted by Crippen LogP contribution is -2.46. The van der Waals surface area contributed by atoms with Crippen LogP contribution in [0.1, 0.15) is 38.2 Å². The van der Waals surface area contributed by atoms with Gasteiger partial charge in [-0.1, -0.05) is 12.1 Å². The quantitative estimate of drug-likeness (QED) is 0.897. The van der Waals surface area contributed by atoms with Crippen molar-refractivity contribution in [3.63, 3.8) is 0 Å². The molecule has 2 fully saturated rings. The van der Waals surface area contributed by atoms with Crippen LogP contribution in [0, 0.1) is 11.7 Å². The Hall–Kier alpha value is -2.11. The molecule has 2 saturated heterocycles. The number of halogens is 1. The van der Waals surface area contributed by atoms with Crippen molar-refractivity contribution in [3.05, 3.63) is 35.6 Å². The molecule has 2 aliphatic rings. The number of hydrogen-bond acceptors (Lipinski definition) is 2. The summed E-state index contributed by atoms with van der Waals surface area (Å²) in [6, 6.07) is 6.73. The smallest absolute Gasteiger partial charge is 0.317 e. The molecular weight excluding hydrogens is 333 g/mol. The molecule has 0 spiro atoms. The summed E-state index contributed by atoms with van der Waals surface area (Å²) in [5, 5.41) is 3.09. The summed E-state index contributed by atoms with van der Waals surface area (Å²) < 4.78 is 13.1. The lowest BCUT2D eigenvalue weighted by molar-refractivity contribution is -0.130. The zero-order valence-corrected chi connectivity index (χ0v) is 15.4. The lowest BCUT2D eigenvalue weighted by atomic mass is 9.97. The fraction of sp³-hybridized carbons (Fsp3) is 0.600. The monoisotopic (exact) mass is 361 g/mol. The maximum Gasteiger partial charge on any atom is 0.317 e. The Labute approximate surface area is 154 Å². The number of nitrogens with zero attached hydrogens (tertiary/aromatic N) is 2. The Morgan fingerprint density at radius 1 is 1.12 bits per heavy atom. The number of rotatable bonds is 4. The average Bonchev–Trinajstić information content (AvgIpc) is 3.10. The first-order chi connectivity index (χ1) is 12.5. The molecule has 1 atom stereocenters. The third-order valence-electron chi connectivity index (χ3n) is 5.62. The largest absolute Gasteiger partial charge is 0.343 e. The summed E-state index contributed by atoms with van der Waals surface area (Å²) in [7, 11) is 0. The van der Waals surface area contributed by atoms with Gasteiger partial charge in [0.25, 0.3) is 0 Å². The molecule has 1 aromatic rings.